The Balaban J connectivity index is -0.0000000267. The van der Waals surface area contributed by atoms with E-state index < -0.39 is 9.15 Å². The van der Waals surface area contributed by atoms with Gasteiger partial charge in [-0.25, -0.2) is 0 Å². The van der Waals surface area contributed by atoms with E-state index in [9.17, 15) is 0 Å². The topological polar surface area (TPSA) is 85.9 Å². The molecule has 0 spiro atoms. The van der Waals surface area contributed by atoms with Crippen molar-refractivity contribution in [3.05, 3.63) is 0 Å². The SMILES string of the molecule is O.O=S(=O)(O)S.[KH].[KH]. The predicted molar refractivity (Wildman–Crippen MR) is 38.4 cm³/mol. The molecular formula is H6K2O4S2. The van der Waals surface area contributed by atoms with E-state index >= 15 is 0 Å². The van der Waals surface area contributed by atoms with Crippen molar-refractivity contribution in [2.75, 3.05) is 0 Å². The molecule has 0 rings (SSSR count). The molecule has 0 radical (unpaired) electrons. The summed E-state index contributed by atoms with van der Waals surface area (Å²) in [6.45, 7) is 0. The van der Waals surface area contributed by atoms with Crippen molar-refractivity contribution in [1.82, 2.24) is 0 Å². The number of hydrogen-bond acceptors (Lipinski definition) is 2. The van der Waals surface area contributed by atoms with Crippen molar-refractivity contribution in [3.63, 3.8) is 0 Å². The van der Waals surface area contributed by atoms with Crippen molar-refractivity contribution >= 4 is 124 Å². The summed E-state index contributed by atoms with van der Waals surface area (Å²) in [7, 11) is -3.97. The molecule has 3 N–H and O–H groups in total. The Hall–Kier alpha value is 3.49. The summed E-state index contributed by atoms with van der Waals surface area (Å²) in [6, 6.07) is 0. The second-order valence-electron chi connectivity index (χ2n) is 0.448. The summed E-state index contributed by atoms with van der Waals surface area (Å²) in [4.78, 5) is 0. The standard InChI is InChI=1S/2K.H2O3S2.H2O.2H/c;;1-5(2,3)4;;;/h;;(H2,1,2,3,4);1H2;;. The Morgan fingerprint density at radius 3 is 1.25 bits per heavy atom. The summed E-state index contributed by atoms with van der Waals surface area (Å²) < 4.78 is 25.5. The van der Waals surface area contributed by atoms with Gasteiger partial charge in [0.1, 0.15) is 0 Å². The average molecular weight is 212 g/mol. The van der Waals surface area contributed by atoms with Gasteiger partial charge in [0, 0.05) is 0 Å². The maximum atomic E-state index is 9.05. The summed E-state index contributed by atoms with van der Waals surface area (Å²) in [5.74, 6) is 0. The first-order chi connectivity index (χ1) is 2.00. The van der Waals surface area contributed by atoms with Crippen molar-refractivity contribution in [1.29, 1.82) is 0 Å². The maximum absolute atomic E-state index is 9.05. The van der Waals surface area contributed by atoms with Crippen LogP contribution in [-0.4, -0.2) is 121 Å². The molecule has 0 aromatic carbocycles. The van der Waals surface area contributed by atoms with Gasteiger partial charge in [0.15, 0.2) is 0 Å². The molecule has 0 bridgehead atoms. The van der Waals surface area contributed by atoms with Crippen LogP contribution in [0, 0.1) is 0 Å². The van der Waals surface area contributed by atoms with Crippen molar-refractivity contribution in [2.24, 2.45) is 0 Å². The van der Waals surface area contributed by atoms with Crippen LogP contribution in [0.5, 0.6) is 0 Å². The fraction of sp³-hybridized carbons (Fsp3) is 0. The van der Waals surface area contributed by atoms with Gasteiger partial charge in [-0.2, -0.15) is 8.42 Å². The van der Waals surface area contributed by atoms with E-state index in [1.54, 1.807) is 0 Å². The molecule has 0 aliphatic rings. The van der Waals surface area contributed by atoms with Crippen LogP contribution in [-0.2, 0) is 9.15 Å². The van der Waals surface area contributed by atoms with Gasteiger partial charge < -0.3 is 5.48 Å². The zero-order valence-corrected chi connectivity index (χ0v) is 4.33. The van der Waals surface area contributed by atoms with Gasteiger partial charge in [-0.3, -0.25) is 4.55 Å². The van der Waals surface area contributed by atoms with Gasteiger partial charge in [-0.1, -0.05) is 0 Å². The van der Waals surface area contributed by atoms with E-state index in [0.717, 1.165) is 0 Å². The van der Waals surface area contributed by atoms with Crippen LogP contribution in [0.3, 0.4) is 0 Å². The Kier molecular flexibility index (Phi) is 29.6. The summed E-state index contributed by atoms with van der Waals surface area (Å²) in [5.41, 5.74) is 0. The van der Waals surface area contributed by atoms with Crippen LogP contribution in [0.1, 0.15) is 0 Å². The minimum absolute atomic E-state index is 0. The molecule has 8 heavy (non-hydrogen) atoms. The normalized spacial score (nSPS) is 7.25. The quantitative estimate of drug-likeness (QED) is 0.203. The van der Waals surface area contributed by atoms with E-state index in [2.05, 4.69) is 11.7 Å². The van der Waals surface area contributed by atoms with Crippen LogP contribution >= 0.6 is 11.7 Å². The summed E-state index contributed by atoms with van der Waals surface area (Å²) >= 11 is 2.65. The molecule has 0 heterocycles. The molecule has 0 saturated heterocycles. The van der Waals surface area contributed by atoms with Crippen LogP contribution in [0.2, 0.25) is 0 Å². The molecule has 4 nitrogen and oxygen atoms in total. The van der Waals surface area contributed by atoms with Crippen LogP contribution < -0.4 is 0 Å². The van der Waals surface area contributed by atoms with E-state index in [0.29, 0.717) is 0 Å². The predicted octanol–water partition coefficient (Wildman–Crippen LogP) is -2.40. The van der Waals surface area contributed by atoms with Crippen LogP contribution in [0.25, 0.3) is 0 Å². The second kappa shape index (κ2) is 10.5. The molecule has 0 aliphatic carbocycles. The van der Waals surface area contributed by atoms with Gasteiger partial charge in [-0.05, 0) is 11.7 Å². The Labute approximate surface area is 138 Å². The van der Waals surface area contributed by atoms with Crippen LogP contribution in [0.4, 0.5) is 0 Å². The molecule has 0 fully saturated rings. The molecular weight excluding hydrogens is 206 g/mol. The van der Waals surface area contributed by atoms with E-state index in [1.807, 2.05) is 0 Å². The summed E-state index contributed by atoms with van der Waals surface area (Å²) in [6.07, 6.45) is 0. The number of thiol groups is 1. The minimum atomic E-state index is -3.97. The molecule has 0 aliphatic heterocycles. The first-order valence-corrected chi connectivity index (χ1v) is 3.19. The monoisotopic (exact) mass is 212 g/mol. The van der Waals surface area contributed by atoms with Crippen molar-refractivity contribution in [2.45, 2.75) is 0 Å². The third-order valence-electron chi connectivity index (χ3n) is 0. The Morgan fingerprint density at radius 1 is 1.25 bits per heavy atom. The first kappa shape index (κ1) is 22.5. The first-order valence-electron chi connectivity index (χ1n) is 0.698. The van der Waals surface area contributed by atoms with Gasteiger partial charge in [0.25, 0.3) is 0 Å². The summed E-state index contributed by atoms with van der Waals surface area (Å²) in [5, 5.41) is 0. The third kappa shape index (κ3) is 56.1. The molecule has 0 amide bonds. The number of rotatable bonds is 0. The molecule has 0 saturated carbocycles. The Morgan fingerprint density at radius 2 is 1.25 bits per heavy atom. The van der Waals surface area contributed by atoms with Gasteiger partial charge >= 0.3 is 112 Å². The van der Waals surface area contributed by atoms with E-state index in [4.69, 9.17) is 13.0 Å². The molecule has 0 aromatic heterocycles. The van der Waals surface area contributed by atoms with Crippen molar-refractivity contribution < 1.29 is 18.4 Å². The molecule has 0 atom stereocenters. The van der Waals surface area contributed by atoms with Crippen molar-refractivity contribution in [3.8, 4) is 0 Å². The third-order valence-corrected chi connectivity index (χ3v) is 0. The second-order valence-corrected chi connectivity index (χ2v) is 2.73. The Bertz CT molecular complexity index is 95.2. The fourth-order valence-corrected chi connectivity index (χ4v) is 0. The molecule has 0 aromatic rings. The number of hydrogen-bond donors (Lipinski definition) is 2. The zero-order chi connectivity index (χ0) is 4.50. The molecule has 0 unspecified atom stereocenters. The van der Waals surface area contributed by atoms with Gasteiger partial charge in [-0.15, -0.1) is 0 Å². The fourth-order valence-electron chi connectivity index (χ4n) is 0. The zero-order valence-electron chi connectivity index (χ0n) is 2.62. The molecule has 8 heteroatoms. The van der Waals surface area contributed by atoms with Gasteiger partial charge in [0.05, 0.1) is 0 Å². The van der Waals surface area contributed by atoms with Crippen LogP contribution in [0.15, 0.2) is 0 Å². The van der Waals surface area contributed by atoms with E-state index in [1.165, 1.54) is 0 Å². The van der Waals surface area contributed by atoms with Gasteiger partial charge in [0.2, 0.25) is 0 Å². The molecule has 44 valence electrons. The average Bonchev–Trinajstić information content (AvgIpc) is 0.722. The van der Waals surface area contributed by atoms with E-state index in [-0.39, 0.29) is 108 Å².